The molecule has 1 heterocycles. The Morgan fingerprint density at radius 1 is 1.43 bits per heavy atom. The van der Waals surface area contributed by atoms with E-state index in [9.17, 15) is 4.21 Å². The second kappa shape index (κ2) is 10.3. The lowest BCUT2D eigenvalue weighted by Gasteiger charge is -2.23. The molecule has 7 heteroatoms. The molecule has 1 rings (SSSR count). The highest BCUT2D eigenvalue weighted by Gasteiger charge is 2.18. The highest BCUT2D eigenvalue weighted by Crippen LogP contribution is 2.11. The molecule has 0 aliphatic rings. The van der Waals surface area contributed by atoms with Crippen LogP contribution in [0.5, 0.6) is 0 Å². The summed E-state index contributed by atoms with van der Waals surface area (Å²) in [6.07, 6.45) is 2.04. The van der Waals surface area contributed by atoms with Crippen LogP contribution in [-0.2, 0) is 24.4 Å². The minimum Gasteiger partial charge on any atom is -0.357 e. The first kappa shape index (κ1) is 22.4. The monoisotopic (exact) mass is 454 g/mol. The molecule has 0 saturated carbocycles. The number of nitrogens with one attached hydrogen (secondary N) is 1. The summed E-state index contributed by atoms with van der Waals surface area (Å²) < 4.78 is 14.0. The van der Waals surface area contributed by atoms with Crippen molar-refractivity contribution in [3.8, 4) is 0 Å². The molecule has 1 atom stereocenters. The van der Waals surface area contributed by atoms with Crippen molar-refractivity contribution in [2.24, 2.45) is 12.0 Å². The molecule has 1 unspecified atom stereocenters. The van der Waals surface area contributed by atoms with Crippen molar-refractivity contribution in [3.63, 3.8) is 0 Å². The van der Waals surface area contributed by atoms with Crippen LogP contribution in [0.1, 0.15) is 33.4 Å². The van der Waals surface area contributed by atoms with Gasteiger partial charge in [0.2, 0.25) is 0 Å². The van der Waals surface area contributed by atoms with E-state index in [1.807, 2.05) is 47.1 Å². The molecule has 0 spiro atoms. The molecule has 0 bridgehead atoms. The zero-order valence-electron chi connectivity index (χ0n) is 15.1. The molecule has 0 aromatic carbocycles. The quantitative estimate of drug-likeness (QED) is 0.409. The molecule has 0 fully saturated rings. The number of nitrogens with zero attached hydrogens (tertiary/aromatic N) is 3. The van der Waals surface area contributed by atoms with Crippen molar-refractivity contribution in [2.45, 2.75) is 39.0 Å². The van der Waals surface area contributed by atoms with Crippen LogP contribution in [0, 0.1) is 0 Å². The van der Waals surface area contributed by atoms with Crippen molar-refractivity contribution in [1.82, 2.24) is 14.8 Å². The zero-order chi connectivity index (χ0) is 16.8. The van der Waals surface area contributed by atoms with Gasteiger partial charge in [0.25, 0.3) is 0 Å². The zero-order valence-corrected chi connectivity index (χ0v) is 18.3. The molecule has 5 nitrogen and oxygen atoms in total. The fourth-order valence-electron chi connectivity index (χ4n) is 1.99. The van der Waals surface area contributed by atoms with Gasteiger partial charge in [0.1, 0.15) is 0 Å². The van der Waals surface area contributed by atoms with Crippen LogP contribution in [-0.4, -0.2) is 50.3 Å². The van der Waals surface area contributed by atoms with Crippen molar-refractivity contribution in [1.29, 1.82) is 0 Å². The number of aliphatic imine (C=N–C) groups is 1. The van der Waals surface area contributed by atoms with Gasteiger partial charge in [-0.3, -0.25) is 9.20 Å². The molecule has 1 N–H and O–H groups in total. The number of guanidine groups is 1. The van der Waals surface area contributed by atoms with Gasteiger partial charge in [-0.15, -0.1) is 24.0 Å². The maximum Gasteiger partial charge on any atom is 0.194 e. The third-order valence-electron chi connectivity index (χ3n) is 3.37. The smallest absolute Gasteiger partial charge is 0.194 e. The summed E-state index contributed by atoms with van der Waals surface area (Å²) in [4.78, 5) is 6.70. The molecule has 1 aromatic heterocycles. The minimum absolute atomic E-state index is 0. The largest absolute Gasteiger partial charge is 0.357 e. The van der Waals surface area contributed by atoms with E-state index in [1.54, 1.807) is 0 Å². The Morgan fingerprint density at radius 2 is 2.09 bits per heavy atom. The van der Waals surface area contributed by atoms with Crippen LogP contribution in [0.25, 0.3) is 0 Å². The van der Waals surface area contributed by atoms with E-state index in [0.717, 1.165) is 19.0 Å². The summed E-state index contributed by atoms with van der Waals surface area (Å²) in [6, 6.07) is 4.15. The van der Waals surface area contributed by atoms with Crippen molar-refractivity contribution < 1.29 is 4.21 Å². The average Bonchev–Trinajstić information content (AvgIpc) is 2.82. The summed E-state index contributed by atoms with van der Waals surface area (Å²) in [7, 11) is 3.20. The van der Waals surface area contributed by atoms with Crippen molar-refractivity contribution in [2.75, 3.05) is 25.9 Å². The standard InChI is InChI=1S/C16H30N4OS.HI/c1-7-17-15(18-10-12-22(21)16(2,3)4)20(6)13-14-9-8-11-19(14)5;/h8-9,11H,7,10,12-13H2,1-6H3,(H,17,18);1H. The van der Waals surface area contributed by atoms with E-state index in [0.29, 0.717) is 12.3 Å². The summed E-state index contributed by atoms with van der Waals surface area (Å²) in [6.45, 7) is 10.2. The minimum atomic E-state index is -0.864. The number of hydrogen-bond donors (Lipinski definition) is 1. The van der Waals surface area contributed by atoms with Gasteiger partial charge in [-0.2, -0.15) is 0 Å². The number of halogens is 1. The van der Waals surface area contributed by atoms with Crippen molar-refractivity contribution in [3.05, 3.63) is 24.0 Å². The third-order valence-corrected chi connectivity index (χ3v) is 5.29. The third kappa shape index (κ3) is 7.69. The van der Waals surface area contributed by atoms with Gasteiger partial charge in [0, 0.05) is 53.8 Å². The second-order valence-electron chi connectivity index (χ2n) is 6.36. The van der Waals surface area contributed by atoms with Crippen LogP contribution in [0.15, 0.2) is 23.3 Å². The maximum atomic E-state index is 12.1. The van der Waals surface area contributed by atoms with Gasteiger partial charge in [-0.05, 0) is 39.8 Å². The first-order chi connectivity index (χ1) is 10.3. The summed E-state index contributed by atoms with van der Waals surface area (Å²) in [5, 5.41) is 3.29. The van der Waals surface area contributed by atoms with Crippen LogP contribution in [0.3, 0.4) is 0 Å². The molecule has 0 aliphatic heterocycles. The lowest BCUT2D eigenvalue weighted by atomic mass is 10.3. The number of rotatable bonds is 6. The molecule has 0 amide bonds. The Labute approximate surface area is 160 Å². The Balaban J connectivity index is 0.00000484. The Morgan fingerprint density at radius 3 is 2.57 bits per heavy atom. The first-order valence-electron chi connectivity index (χ1n) is 7.73. The maximum absolute atomic E-state index is 12.1. The highest BCUT2D eigenvalue weighted by molar-refractivity contribution is 14.0. The Kier molecular flexibility index (Phi) is 10.1. The normalized spacial score (nSPS) is 13.4. The van der Waals surface area contributed by atoms with E-state index >= 15 is 0 Å². The Hall–Kier alpha value is -0.570. The van der Waals surface area contributed by atoms with Crippen LogP contribution in [0.2, 0.25) is 0 Å². The SMILES string of the molecule is CCNC(=NCCS(=O)C(C)(C)C)N(C)Cc1cccn1C.I. The molecule has 23 heavy (non-hydrogen) atoms. The molecular weight excluding hydrogens is 423 g/mol. The lowest BCUT2D eigenvalue weighted by Crippen LogP contribution is -2.39. The van der Waals surface area contributed by atoms with E-state index < -0.39 is 10.8 Å². The highest BCUT2D eigenvalue weighted by atomic mass is 127. The Bertz CT molecular complexity index is 522. The topological polar surface area (TPSA) is 49.6 Å². The first-order valence-corrected chi connectivity index (χ1v) is 9.05. The van der Waals surface area contributed by atoms with E-state index in [-0.39, 0.29) is 28.7 Å². The van der Waals surface area contributed by atoms with E-state index in [2.05, 4.69) is 32.8 Å². The number of hydrogen-bond acceptors (Lipinski definition) is 2. The van der Waals surface area contributed by atoms with Crippen LogP contribution < -0.4 is 5.32 Å². The van der Waals surface area contributed by atoms with Gasteiger partial charge in [0.15, 0.2) is 5.96 Å². The summed E-state index contributed by atoms with van der Waals surface area (Å²) >= 11 is 0. The average molecular weight is 454 g/mol. The van der Waals surface area contributed by atoms with E-state index in [4.69, 9.17) is 0 Å². The van der Waals surface area contributed by atoms with Gasteiger partial charge in [-0.25, -0.2) is 0 Å². The summed E-state index contributed by atoms with van der Waals surface area (Å²) in [5.74, 6) is 1.45. The molecule has 0 aliphatic carbocycles. The van der Waals surface area contributed by atoms with E-state index in [1.165, 1.54) is 5.69 Å². The molecule has 0 saturated heterocycles. The van der Waals surface area contributed by atoms with Crippen LogP contribution >= 0.6 is 24.0 Å². The van der Waals surface area contributed by atoms with Crippen molar-refractivity contribution >= 4 is 40.7 Å². The lowest BCUT2D eigenvalue weighted by molar-refractivity contribution is 0.462. The molecular formula is C16H31IN4OS. The summed E-state index contributed by atoms with van der Waals surface area (Å²) in [5.41, 5.74) is 1.23. The van der Waals surface area contributed by atoms with Crippen LogP contribution in [0.4, 0.5) is 0 Å². The fourth-order valence-corrected chi connectivity index (χ4v) is 2.86. The van der Waals surface area contributed by atoms with Gasteiger partial charge < -0.3 is 14.8 Å². The second-order valence-corrected chi connectivity index (χ2v) is 8.69. The predicted molar refractivity (Wildman–Crippen MR) is 111 cm³/mol. The van der Waals surface area contributed by atoms with Gasteiger partial charge in [0.05, 0.1) is 13.1 Å². The van der Waals surface area contributed by atoms with Gasteiger partial charge >= 0.3 is 0 Å². The molecule has 0 radical (unpaired) electrons. The molecule has 134 valence electrons. The molecule has 1 aromatic rings. The fraction of sp³-hybridized carbons (Fsp3) is 0.688. The number of aryl methyl sites for hydroxylation is 1. The van der Waals surface area contributed by atoms with Gasteiger partial charge in [-0.1, -0.05) is 0 Å². The number of aromatic nitrogens is 1. The predicted octanol–water partition coefficient (Wildman–Crippen LogP) is 2.59.